The highest BCUT2D eigenvalue weighted by molar-refractivity contribution is 7.12. The first-order valence-corrected chi connectivity index (χ1v) is 13.3. The normalized spacial score (nSPS) is 14.3. The quantitative estimate of drug-likeness (QED) is 0.246. The van der Waals surface area contributed by atoms with Gasteiger partial charge in [0, 0.05) is 49.9 Å². The third-order valence-electron chi connectivity index (χ3n) is 6.52. The Morgan fingerprint density at radius 1 is 1.11 bits per heavy atom. The molecule has 0 unspecified atom stereocenters. The van der Waals surface area contributed by atoms with Gasteiger partial charge in [-0.05, 0) is 35.6 Å². The summed E-state index contributed by atoms with van der Waals surface area (Å²) in [5.41, 5.74) is 9.85. The number of anilines is 5. The minimum atomic E-state index is -0.456. The number of ether oxygens (including phenoxy) is 1. The molecule has 4 heterocycles. The Kier molecular flexibility index (Phi) is 7.20. The van der Waals surface area contributed by atoms with Crippen molar-refractivity contribution in [2.75, 3.05) is 55.4 Å². The number of aromatic nitrogens is 2. The second-order valence-electron chi connectivity index (χ2n) is 9.68. The number of aromatic amines is 1. The number of primary amides is 1. The Labute approximate surface area is 220 Å². The summed E-state index contributed by atoms with van der Waals surface area (Å²) in [6.45, 7) is 9.86. The van der Waals surface area contributed by atoms with Gasteiger partial charge in [0.1, 0.15) is 16.4 Å². The van der Waals surface area contributed by atoms with Gasteiger partial charge in [0.25, 0.3) is 5.91 Å². The van der Waals surface area contributed by atoms with Crippen LogP contribution in [-0.2, 0) is 0 Å². The smallest absolute Gasteiger partial charge is 0.260 e. The second kappa shape index (κ2) is 10.7. The van der Waals surface area contributed by atoms with Crippen molar-refractivity contribution < 1.29 is 9.53 Å². The molecule has 0 spiro atoms. The first-order valence-electron chi connectivity index (χ1n) is 12.4. The van der Waals surface area contributed by atoms with Crippen molar-refractivity contribution in [3.63, 3.8) is 0 Å². The topological polar surface area (TPSA) is 112 Å². The third-order valence-corrected chi connectivity index (χ3v) is 7.45. The van der Waals surface area contributed by atoms with Crippen LogP contribution in [0.1, 0.15) is 23.5 Å². The lowest BCUT2D eigenvalue weighted by Crippen LogP contribution is -2.47. The molecule has 1 aliphatic rings. The Morgan fingerprint density at radius 3 is 2.65 bits per heavy atom. The van der Waals surface area contributed by atoms with E-state index in [1.807, 2.05) is 17.5 Å². The molecule has 37 heavy (non-hydrogen) atoms. The molecule has 0 aliphatic carbocycles. The number of amides is 1. The SMILES string of the molecule is COc1cc(N2CCN(CC(C)C)CC2)ccc1Nc1cc2c(Nc3ccsc3C(N)=O)cncc2[nH]1. The lowest BCUT2D eigenvalue weighted by molar-refractivity contribution is 0.100. The molecule has 10 heteroatoms. The van der Waals surface area contributed by atoms with Gasteiger partial charge in [0.15, 0.2) is 0 Å². The van der Waals surface area contributed by atoms with Crippen LogP contribution in [0.3, 0.4) is 0 Å². The minimum Gasteiger partial charge on any atom is -0.494 e. The Morgan fingerprint density at radius 2 is 1.92 bits per heavy atom. The molecule has 1 aliphatic heterocycles. The van der Waals surface area contributed by atoms with Crippen LogP contribution in [0.25, 0.3) is 10.9 Å². The fourth-order valence-electron chi connectivity index (χ4n) is 4.79. The van der Waals surface area contributed by atoms with Crippen LogP contribution >= 0.6 is 11.3 Å². The van der Waals surface area contributed by atoms with E-state index in [-0.39, 0.29) is 0 Å². The van der Waals surface area contributed by atoms with E-state index in [1.54, 1.807) is 19.5 Å². The van der Waals surface area contributed by atoms with E-state index >= 15 is 0 Å². The molecule has 194 valence electrons. The van der Waals surface area contributed by atoms with Gasteiger partial charge in [-0.1, -0.05) is 13.8 Å². The molecular formula is C27H33N7O2S. The Hall–Kier alpha value is -3.76. The monoisotopic (exact) mass is 519 g/mol. The number of methoxy groups -OCH3 is 1. The molecule has 1 aromatic carbocycles. The number of nitrogens with zero attached hydrogens (tertiary/aromatic N) is 3. The summed E-state index contributed by atoms with van der Waals surface area (Å²) >= 11 is 1.31. The van der Waals surface area contributed by atoms with Gasteiger partial charge in [-0.15, -0.1) is 11.3 Å². The van der Waals surface area contributed by atoms with E-state index in [9.17, 15) is 4.79 Å². The van der Waals surface area contributed by atoms with Crippen LogP contribution in [-0.4, -0.2) is 60.6 Å². The van der Waals surface area contributed by atoms with Gasteiger partial charge in [0.05, 0.1) is 42.1 Å². The maximum absolute atomic E-state index is 11.7. The first-order chi connectivity index (χ1) is 17.9. The molecule has 0 saturated carbocycles. The van der Waals surface area contributed by atoms with E-state index < -0.39 is 5.91 Å². The number of fused-ring (bicyclic) bond motifs is 1. The Bertz CT molecular complexity index is 1390. The third kappa shape index (κ3) is 5.50. The lowest BCUT2D eigenvalue weighted by Gasteiger charge is -2.37. The van der Waals surface area contributed by atoms with Crippen molar-refractivity contribution in [1.82, 2.24) is 14.9 Å². The number of carbonyl (C=O) groups excluding carboxylic acids is 1. The molecule has 9 nitrogen and oxygen atoms in total. The average molecular weight is 520 g/mol. The highest BCUT2D eigenvalue weighted by Crippen LogP contribution is 2.35. The number of nitrogens with two attached hydrogens (primary N) is 1. The van der Waals surface area contributed by atoms with Gasteiger partial charge in [0.2, 0.25) is 0 Å². The molecule has 1 saturated heterocycles. The number of benzene rings is 1. The van der Waals surface area contributed by atoms with Crippen LogP contribution in [0.2, 0.25) is 0 Å². The average Bonchev–Trinajstić information content (AvgIpc) is 3.52. The molecule has 0 bridgehead atoms. The molecule has 5 N–H and O–H groups in total. The number of carbonyl (C=O) groups is 1. The van der Waals surface area contributed by atoms with Crippen molar-refractivity contribution in [3.8, 4) is 5.75 Å². The highest BCUT2D eigenvalue weighted by Gasteiger charge is 2.19. The number of nitrogens with one attached hydrogen (secondary N) is 3. The fraction of sp³-hybridized carbons (Fsp3) is 0.333. The summed E-state index contributed by atoms with van der Waals surface area (Å²) in [5.74, 6) is 1.82. The van der Waals surface area contributed by atoms with E-state index in [0.29, 0.717) is 16.5 Å². The Balaban J connectivity index is 1.33. The molecular weight excluding hydrogens is 486 g/mol. The predicted molar refractivity (Wildman–Crippen MR) is 152 cm³/mol. The van der Waals surface area contributed by atoms with Crippen LogP contribution in [0.15, 0.2) is 48.1 Å². The summed E-state index contributed by atoms with van der Waals surface area (Å²) in [6, 6.07) is 10.1. The summed E-state index contributed by atoms with van der Waals surface area (Å²) < 4.78 is 5.75. The molecule has 0 radical (unpaired) electrons. The number of pyridine rings is 1. The number of rotatable bonds is 9. The van der Waals surface area contributed by atoms with Crippen molar-refractivity contribution in [2.24, 2.45) is 11.7 Å². The maximum atomic E-state index is 11.7. The number of H-pyrrole nitrogens is 1. The zero-order chi connectivity index (χ0) is 25.9. The van der Waals surface area contributed by atoms with Gasteiger partial charge in [-0.25, -0.2) is 0 Å². The van der Waals surface area contributed by atoms with Crippen molar-refractivity contribution in [3.05, 3.63) is 53.0 Å². The largest absolute Gasteiger partial charge is 0.494 e. The van der Waals surface area contributed by atoms with E-state index in [1.165, 1.54) is 17.0 Å². The summed E-state index contributed by atoms with van der Waals surface area (Å²) in [7, 11) is 1.69. The van der Waals surface area contributed by atoms with Crippen molar-refractivity contribution in [1.29, 1.82) is 0 Å². The maximum Gasteiger partial charge on any atom is 0.260 e. The zero-order valence-corrected chi connectivity index (χ0v) is 22.2. The number of hydrogen-bond acceptors (Lipinski definition) is 8. The predicted octanol–water partition coefficient (Wildman–Crippen LogP) is 5.00. The van der Waals surface area contributed by atoms with Crippen LogP contribution in [0.5, 0.6) is 5.75 Å². The van der Waals surface area contributed by atoms with Gasteiger partial charge in [-0.3, -0.25) is 14.7 Å². The summed E-state index contributed by atoms with van der Waals surface area (Å²) in [5, 5.41) is 9.53. The first kappa shape index (κ1) is 24.9. The highest BCUT2D eigenvalue weighted by atomic mass is 32.1. The standard InChI is InChI=1S/C27H33N7O2S/c1-17(2)16-33-7-9-34(10-8-33)18-4-5-20(24(12-18)36-3)31-25-13-19-22(14-29-15-23(19)32-25)30-21-6-11-37-26(21)27(28)35/h4-6,11-15,17,30-32H,7-10,16H2,1-3H3,(H2,28,35). The molecule has 1 amide bonds. The lowest BCUT2D eigenvalue weighted by atomic mass is 10.1. The van der Waals surface area contributed by atoms with Gasteiger partial charge < -0.3 is 31.0 Å². The van der Waals surface area contributed by atoms with Crippen LogP contribution < -0.4 is 26.0 Å². The van der Waals surface area contributed by atoms with Crippen LogP contribution in [0.4, 0.5) is 28.6 Å². The number of thiophene rings is 1. The van der Waals surface area contributed by atoms with E-state index in [4.69, 9.17) is 10.5 Å². The van der Waals surface area contributed by atoms with Gasteiger partial charge >= 0.3 is 0 Å². The van der Waals surface area contributed by atoms with Crippen LogP contribution in [0, 0.1) is 5.92 Å². The molecule has 3 aromatic heterocycles. The van der Waals surface area contributed by atoms with Gasteiger partial charge in [-0.2, -0.15) is 0 Å². The van der Waals surface area contributed by atoms with Crippen molar-refractivity contribution in [2.45, 2.75) is 13.8 Å². The zero-order valence-electron chi connectivity index (χ0n) is 21.4. The number of piperazine rings is 1. The number of hydrogen-bond donors (Lipinski definition) is 4. The van der Waals surface area contributed by atoms with E-state index in [0.717, 1.165) is 66.6 Å². The minimum absolute atomic E-state index is 0.456. The second-order valence-corrected chi connectivity index (χ2v) is 10.6. The molecule has 1 fully saturated rings. The summed E-state index contributed by atoms with van der Waals surface area (Å²) in [6.07, 6.45) is 3.51. The summed E-state index contributed by atoms with van der Waals surface area (Å²) in [4.78, 5) is 24.9. The molecule has 4 aromatic rings. The fourth-order valence-corrected chi connectivity index (χ4v) is 5.49. The van der Waals surface area contributed by atoms with Crippen molar-refractivity contribution >= 4 is 56.7 Å². The van der Waals surface area contributed by atoms with E-state index in [2.05, 4.69) is 62.4 Å². The molecule has 0 atom stereocenters. The molecule has 5 rings (SSSR count).